The van der Waals surface area contributed by atoms with Crippen molar-refractivity contribution >= 4 is 17.8 Å². The van der Waals surface area contributed by atoms with Crippen LogP contribution >= 0.6 is 0 Å². The Morgan fingerprint density at radius 1 is 1.25 bits per heavy atom. The normalized spacial score (nSPS) is 23.7. The second-order valence-corrected chi connectivity index (χ2v) is 7.61. The first-order valence-corrected chi connectivity index (χ1v) is 9.34. The van der Waals surface area contributed by atoms with E-state index in [1.165, 1.54) is 10.9 Å². The number of nitrogens with one attached hydrogen (secondary N) is 1. The van der Waals surface area contributed by atoms with E-state index in [-0.39, 0.29) is 23.4 Å². The fourth-order valence-electron chi connectivity index (χ4n) is 3.79. The zero-order valence-corrected chi connectivity index (χ0v) is 15.8. The lowest BCUT2D eigenvalue weighted by atomic mass is 10.1. The van der Waals surface area contributed by atoms with E-state index in [4.69, 9.17) is 5.11 Å². The third kappa shape index (κ3) is 3.26. The van der Waals surface area contributed by atoms with Crippen LogP contribution in [0.3, 0.4) is 0 Å². The maximum atomic E-state index is 12.5. The number of hydrogen-bond acceptors (Lipinski definition) is 4. The molecule has 1 saturated carbocycles. The van der Waals surface area contributed by atoms with Gasteiger partial charge in [-0.1, -0.05) is 6.92 Å². The van der Waals surface area contributed by atoms with Crippen molar-refractivity contribution in [2.24, 2.45) is 5.92 Å². The SMILES string of the molecule is Cc1c(C(=O)O)cnn1-c1ccc(C(=O)N[C@@H]2CC(=O)N([C@H]3C[C@@H]3C)C2)cc1. The Balaban J connectivity index is 1.42. The van der Waals surface area contributed by atoms with Crippen LogP contribution in [0.25, 0.3) is 5.69 Å². The highest BCUT2D eigenvalue weighted by molar-refractivity contribution is 5.95. The van der Waals surface area contributed by atoms with Crippen LogP contribution in [-0.4, -0.2) is 56.2 Å². The number of rotatable bonds is 5. The Morgan fingerprint density at radius 3 is 2.50 bits per heavy atom. The average molecular weight is 382 g/mol. The van der Waals surface area contributed by atoms with Gasteiger partial charge in [-0.05, 0) is 43.5 Å². The van der Waals surface area contributed by atoms with Gasteiger partial charge in [0.05, 0.1) is 23.6 Å². The summed E-state index contributed by atoms with van der Waals surface area (Å²) in [7, 11) is 0. The van der Waals surface area contributed by atoms with Gasteiger partial charge >= 0.3 is 5.97 Å². The van der Waals surface area contributed by atoms with Crippen molar-refractivity contribution in [3.63, 3.8) is 0 Å². The average Bonchev–Trinajstić information content (AvgIpc) is 3.07. The smallest absolute Gasteiger partial charge is 0.339 e. The molecule has 1 saturated heterocycles. The van der Waals surface area contributed by atoms with Gasteiger partial charge in [0, 0.05) is 24.6 Å². The monoisotopic (exact) mass is 382 g/mol. The van der Waals surface area contributed by atoms with Gasteiger partial charge in [-0.2, -0.15) is 5.10 Å². The first-order chi connectivity index (χ1) is 13.3. The van der Waals surface area contributed by atoms with Crippen LogP contribution in [0.2, 0.25) is 0 Å². The van der Waals surface area contributed by atoms with Crippen molar-refractivity contribution < 1.29 is 19.5 Å². The quantitative estimate of drug-likeness (QED) is 0.818. The van der Waals surface area contributed by atoms with E-state index in [1.807, 2.05) is 4.90 Å². The summed E-state index contributed by atoms with van der Waals surface area (Å²) < 4.78 is 1.52. The lowest BCUT2D eigenvalue weighted by Gasteiger charge is -2.17. The molecule has 2 aliphatic rings. The lowest BCUT2D eigenvalue weighted by Crippen LogP contribution is -2.37. The molecule has 1 aliphatic carbocycles. The molecule has 2 N–H and O–H groups in total. The van der Waals surface area contributed by atoms with Gasteiger partial charge in [0.2, 0.25) is 5.91 Å². The number of carboxylic acids is 1. The third-order valence-corrected chi connectivity index (χ3v) is 5.58. The summed E-state index contributed by atoms with van der Waals surface area (Å²) in [6.45, 7) is 4.38. The maximum Gasteiger partial charge on any atom is 0.339 e. The molecule has 2 aromatic rings. The van der Waals surface area contributed by atoms with Crippen LogP contribution in [0, 0.1) is 12.8 Å². The predicted molar refractivity (Wildman–Crippen MR) is 100 cm³/mol. The fraction of sp³-hybridized carbons (Fsp3) is 0.400. The molecule has 2 amide bonds. The Labute approximate surface area is 162 Å². The van der Waals surface area contributed by atoms with E-state index >= 15 is 0 Å². The minimum atomic E-state index is -1.03. The summed E-state index contributed by atoms with van der Waals surface area (Å²) in [6, 6.07) is 6.95. The molecule has 0 bridgehead atoms. The number of amides is 2. The van der Waals surface area contributed by atoms with Crippen molar-refractivity contribution in [3.8, 4) is 5.69 Å². The second kappa shape index (κ2) is 6.78. The highest BCUT2D eigenvalue weighted by Gasteiger charge is 2.44. The fourth-order valence-corrected chi connectivity index (χ4v) is 3.79. The molecule has 1 aromatic carbocycles. The molecule has 28 heavy (non-hydrogen) atoms. The number of likely N-dealkylation sites (tertiary alicyclic amines) is 1. The number of aromatic nitrogens is 2. The highest BCUT2D eigenvalue weighted by atomic mass is 16.4. The summed E-state index contributed by atoms with van der Waals surface area (Å²) in [5, 5.41) is 16.2. The summed E-state index contributed by atoms with van der Waals surface area (Å²) in [5.74, 6) is -0.587. The molecule has 1 aromatic heterocycles. The molecule has 3 atom stereocenters. The van der Waals surface area contributed by atoms with Gasteiger partial charge in [-0.15, -0.1) is 0 Å². The van der Waals surface area contributed by atoms with Gasteiger partial charge in [0.1, 0.15) is 5.56 Å². The number of nitrogens with zero attached hydrogens (tertiary/aromatic N) is 3. The molecule has 8 nitrogen and oxygen atoms in total. The molecule has 1 aliphatic heterocycles. The van der Waals surface area contributed by atoms with E-state index in [0.29, 0.717) is 41.9 Å². The van der Waals surface area contributed by atoms with Crippen LogP contribution < -0.4 is 5.32 Å². The summed E-state index contributed by atoms with van der Waals surface area (Å²) in [5.41, 5.74) is 1.81. The number of carbonyl (C=O) groups excluding carboxylic acids is 2. The van der Waals surface area contributed by atoms with Crippen LogP contribution in [0.1, 0.15) is 46.2 Å². The molecule has 0 radical (unpaired) electrons. The molecule has 2 heterocycles. The Kier molecular flexibility index (Phi) is 4.41. The number of hydrogen-bond donors (Lipinski definition) is 2. The Bertz CT molecular complexity index is 950. The highest BCUT2D eigenvalue weighted by Crippen LogP contribution is 2.37. The van der Waals surface area contributed by atoms with Crippen molar-refractivity contribution in [1.82, 2.24) is 20.0 Å². The van der Waals surface area contributed by atoms with Gasteiger partial charge in [-0.3, -0.25) is 9.59 Å². The van der Waals surface area contributed by atoms with Crippen LogP contribution in [0.5, 0.6) is 0 Å². The molecule has 146 valence electrons. The van der Waals surface area contributed by atoms with Crippen molar-refractivity contribution in [3.05, 3.63) is 47.3 Å². The molecule has 8 heteroatoms. The predicted octanol–water partition coefficient (Wildman–Crippen LogP) is 1.62. The van der Waals surface area contributed by atoms with E-state index in [0.717, 1.165) is 6.42 Å². The number of carboxylic acid groups (broad SMARTS) is 1. The minimum absolute atomic E-state index is 0.110. The summed E-state index contributed by atoms with van der Waals surface area (Å²) >= 11 is 0. The van der Waals surface area contributed by atoms with Crippen LogP contribution in [-0.2, 0) is 4.79 Å². The van der Waals surface area contributed by atoms with E-state index in [2.05, 4.69) is 17.3 Å². The van der Waals surface area contributed by atoms with Gasteiger partial charge in [0.25, 0.3) is 5.91 Å². The van der Waals surface area contributed by atoms with E-state index in [1.54, 1.807) is 31.2 Å². The zero-order chi connectivity index (χ0) is 20.0. The van der Waals surface area contributed by atoms with Gasteiger partial charge < -0.3 is 15.3 Å². The van der Waals surface area contributed by atoms with Crippen molar-refractivity contribution in [2.75, 3.05) is 6.54 Å². The minimum Gasteiger partial charge on any atom is -0.478 e. The number of benzene rings is 1. The molecule has 0 unspecified atom stereocenters. The molecule has 4 rings (SSSR count). The van der Waals surface area contributed by atoms with Gasteiger partial charge in [-0.25, -0.2) is 9.48 Å². The Hall–Kier alpha value is -3.16. The lowest BCUT2D eigenvalue weighted by molar-refractivity contribution is -0.128. The zero-order valence-electron chi connectivity index (χ0n) is 15.8. The largest absolute Gasteiger partial charge is 0.478 e. The molecule has 0 spiro atoms. The summed E-state index contributed by atoms with van der Waals surface area (Å²) in [4.78, 5) is 37.7. The van der Waals surface area contributed by atoms with Crippen LogP contribution in [0.15, 0.2) is 30.5 Å². The molecule has 2 fully saturated rings. The standard InChI is InChI=1S/C20H22N4O4/c1-11-7-17(11)23-10-14(8-18(23)25)22-19(26)13-3-5-15(6-4-13)24-12(2)16(9-21-24)20(27)28/h3-6,9,11,14,17H,7-8,10H2,1-2H3,(H,22,26)(H,27,28)/t11-,14+,17-/m0/s1. The van der Waals surface area contributed by atoms with E-state index < -0.39 is 5.97 Å². The topological polar surface area (TPSA) is 105 Å². The molecular weight excluding hydrogens is 360 g/mol. The Morgan fingerprint density at radius 2 is 1.93 bits per heavy atom. The maximum absolute atomic E-state index is 12.5. The van der Waals surface area contributed by atoms with Crippen molar-refractivity contribution in [2.45, 2.75) is 38.8 Å². The first kappa shape index (κ1) is 18.2. The molecular formula is C20H22N4O4. The first-order valence-electron chi connectivity index (χ1n) is 9.34. The van der Waals surface area contributed by atoms with Gasteiger partial charge in [0.15, 0.2) is 0 Å². The van der Waals surface area contributed by atoms with Crippen molar-refractivity contribution in [1.29, 1.82) is 0 Å². The third-order valence-electron chi connectivity index (χ3n) is 5.58. The van der Waals surface area contributed by atoms with Crippen LogP contribution in [0.4, 0.5) is 0 Å². The number of carbonyl (C=O) groups is 3. The second-order valence-electron chi connectivity index (χ2n) is 7.61. The van der Waals surface area contributed by atoms with E-state index in [9.17, 15) is 14.4 Å². The number of aromatic carboxylic acids is 1. The summed E-state index contributed by atoms with van der Waals surface area (Å²) in [6.07, 6.45) is 2.70.